The largest absolute Gasteiger partial charge is 0.354 e. The fraction of sp³-hybridized carbons (Fsp3) is 0.100. The number of carbonyl (C=O) groups is 1. The summed E-state index contributed by atoms with van der Waals surface area (Å²) in [5.41, 5.74) is 4.33. The minimum absolute atomic E-state index is 0.195. The third-order valence-electron chi connectivity index (χ3n) is 3.66. The van der Waals surface area contributed by atoms with Crippen molar-refractivity contribution in [2.75, 3.05) is 5.32 Å². The zero-order valence-electron chi connectivity index (χ0n) is 13.8. The van der Waals surface area contributed by atoms with Crippen LogP contribution in [-0.2, 0) is 6.54 Å². The van der Waals surface area contributed by atoms with Gasteiger partial charge in [-0.15, -0.1) is 0 Å². The molecule has 0 aliphatic rings. The highest BCUT2D eigenvalue weighted by Gasteiger charge is 2.07. The van der Waals surface area contributed by atoms with Crippen molar-refractivity contribution in [1.29, 1.82) is 0 Å². The van der Waals surface area contributed by atoms with Crippen molar-refractivity contribution in [2.45, 2.75) is 13.5 Å². The lowest BCUT2D eigenvalue weighted by molar-refractivity contribution is 0.0946. The van der Waals surface area contributed by atoms with Crippen LogP contribution in [-0.4, -0.2) is 10.9 Å². The molecule has 5 heteroatoms. The van der Waals surface area contributed by atoms with Gasteiger partial charge in [-0.05, 0) is 48.9 Å². The van der Waals surface area contributed by atoms with Gasteiger partial charge in [0.25, 0.3) is 5.91 Å². The SMILES string of the molecule is Cc1cccc(CNC(=O)c2ccc(Nc3ccc(Cl)cc3)cn2)c1. The number of carbonyl (C=O) groups excluding carboxylic acids is 1. The average molecular weight is 352 g/mol. The minimum atomic E-state index is -0.195. The highest BCUT2D eigenvalue weighted by atomic mass is 35.5. The molecule has 0 saturated carbocycles. The predicted molar refractivity (Wildman–Crippen MR) is 101 cm³/mol. The van der Waals surface area contributed by atoms with E-state index >= 15 is 0 Å². The molecule has 0 fully saturated rings. The van der Waals surface area contributed by atoms with Crippen molar-refractivity contribution >= 4 is 28.9 Å². The Morgan fingerprint density at radius 3 is 2.48 bits per heavy atom. The summed E-state index contributed by atoms with van der Waals surface area (Å²) in [4.78, 5) is 16.4. The van der Waals surface area contributed by atoms with Crippen LogP contribution in [0.2, 0.25) is 5.02 Å². The molecule has 3 rings (SSSR count). The smallest absolute Gasteiger partial charge is 0.270 e. The minimum Gasteiger partial charge on any atom is -0.354 e. The van der Waals surface area contributed by atoms with Crippen LogP contribution in [0.15, 0.2) is 66.9 Å². The number of aryl methyl sites for hydroxylation is 1. The number of amides is 1. The van der Waals surface area contributed by atoms with Gasteiger partial charge in [0.2, 0.25) is 0 Å². The van der Waals surface area contributed by atoms with Gasteiger partial charge in [0, 0.05) is 17.3 Å². The van der Waals surface area contributed by atoms with E-state index in [0.717, 1.165) is 16.9 Å². The van der Waals surface area contributed by atoms with Gasteiger partial charge in [0.1, 0.15) is 5.69 Å². The third kappa shape index (κ3) is 4.81. The first-order chi connectivity index (χ1) is 12.1. The van der Waals surface area contributed by atoms with Crippen molar-refractivity contribution in [1.82, 2.24) is 10.3 Å². The van der Waals surface area contributed by atoms with Crippen molar-refractivity contribution in [3.63, 3.8) is 0 Å². The molecule has 0 unspecified atom stereocenters. The summed E-state index contributed by atoms with van der Waals surface area (Å²) >= 11 is 5.87. The molecule has 4 nitrogen and oxygen atoms in total. The van der Waals surface area contributed by atoms with Crippen molar-refractivity contribution in [3.05, 3.63) is 88.7 Å². The Balaban J connectivity index is 1.59. The van der Waals surface area contributed by atoms with E-state index in [4.69, 9.17) is 11.6 Å². The van der Waals surface area contributed by atoms with Crippen molar-refractivity contribution in [3.8, 4) is 0 Å². The molecule has 2 aromatic carbocycles. The van der Waals surface area contributed by atoms with Crippen molar-refractivity contribution < 1.29 is 4.79 Å². The predicted octanol–water partition coefficient (Wildman–Crippen LogP) is 4.72. The van der Waals surface area contributed by atoms with Crippen LogP contribution in [0.25, 0.3) is 0 Å². The summed E-state index contributed by atoms with van der Waals surface area (Å²) in [6.45, 7) is 2.51. The summed E-state index contributed by atoms with van der Waals surface area (Å²) in [5.74, 6) is -0.195. The van der Waals surface area contributed by atoms with E-state index in [2.05, 4.69) is 15.6 Å². The molecular formula is C20H18ClN3O. The molecule has 0 spiro atoms. The first kappa shape index (κ1) is 17.0. The molecule has 25 heavy (non-hydrogen) atoms. The Hall–Kier alpha value is -2.85. The van der Waals surface area contributed by atoms with Gasteiger partial charge in [-0.3, -0.25) is 4.79 Å². The van der Waals surface area contributed by atoms with Crippen LogP contribution in [0.5, 0.6) is 0 Å². The highest BCUT2D eigenvalue weighted by Crippen LogP contribution is 2.18. The Morgan fingerprint density at radius 2 is 1.80 bits per heavy atom. The van der Waals surface area contributed by atoms with Gasteiger partial charge in [-0.25, -0.2) is 4.98 Å². The second kappa shape index (κ2) is 7.81. The lowest BCUT2D eigenvalue weighted by atomic mass is 10.1. The first-order valence-corrected chi connectivity index (χ1v) is 8.30. The summed E-state index contributed by atoms with van der Waals surface area (Å²) in [5, 5.41) is 6.77. The molecular weight excluding hydrogens is 334 g/mol. The molecule has 1 aromatic heterocycles. The topological polar surface area (TPSA) is 54.0 Å². The van der Waals surface area contributed by atoms with Gasteiger partial charge in [0.15, 0.2) is 0 Å². The summed E-state index contributed by atoms with van der Waals surface area (Å²) in [7, 11) is 0. The maximum Gasteiger partial charge on any atom is 0.270 e. The number of anilines is 2. The standard InChI is InChI=1S/C20H18ClN3O/c1-14-3-2-4-15(11-14)12-23-20(25)19-10-9-18(13-22-19)24-17-7-5-16(21)6-8-17/h2-11,13,24H,12H2,1H3,(H,23,25). The van der Waals surface area contributed by atoms with Crippen LogP contribution in [0.3, 0.4) is 0 Å². The first-order valence-electron chi connectivity index (χ1n) is 7.92. The normalized spacial score (nSPS) is 10.3. The van der Waals surface area contributed by atoms with Crippen LogP contribution >= 0.6 is 11.6 Å². The molecule has 0 bridgehead atoms. The van der Waals surface area contributed by atoms with Crippen LogP contribution in [0, 0.1) is 6.92 Å². The fourth-order valence-corrected chi connectivity index (χ4v) is 2.52. The number of nitrogens with one attached hydrogen (secondary N) is 2. The number of halogens is 1. The van der Waals surface area contributed by atoms with E-state index < -0.39 is 0 Å². The van der Waals surface area contributed by atoms with E-state index in [-0.39, 0.29) is 5.91 Å². The summed E-state index contributed by atoms with van der Waals surface area (Å²) in [6, 6.07) is 18.9. The summed E-state index contributed by atoms with van der Waals surface area (Å²) < 4.78 is 0. The average Bonchev–Trinajstić information content (AvgIpc) is 2.62. The van der Waals surface area contributed by atoms with E-state index in [1.54, 1.807) is 12.3 Å². The maximum absolute atomic E-state index is 12.2. The number of hydrogen-bond acceptors (Lipinski definition) is 3. The second-order valence-corrected chi connectivity index (χ2v) is 6.17. The number of benzene rings is 2. The molecule has 126 valence electrons. The van der Waals surface area contributed by atoms with Crippen LogP contribution in [0.4, 0.5) is 11.4 Å². The third-order valence-corrected chi connectivity index (χ3v) is 3.92. The number of nitrogens with zero attached hydrogens (tertiary/aromatic N) is 1. The quantitative estimate of drug-likeness (QED) is 0.699. The molecule has 0 saturated heterocycles. The van der Waals surface area contributed by atoms with Gasteiger partial charge in [-0.2, -0.15) is 0 Å². The number of rotatable bonds is 5. The zero-order valence-corrected chi connectivity index (χ0v) is 14.5. The van der Waals surface area contributed by atoms with Crippen LogP contribution in [0.1, 0.15) is 21.6 Å². The molecule has 0 aliphatic heterocycles. The lowest BCUT2D eigenvalue weighted by Crippen LogP contribution is -2.23. The highest BCUT2D eigenvalue weighted by molar-refractivity contribution is 6.30. The van der Waals surface area contributed by atoms with Gasteiger partial charge < -0.3 is 10.6 Å². The zero-order chi connectivity index (χ0) is 17.6. The van der Waals surface area contributed by atoms with E-state index in [0.29, 0.717) is 17.3 Å². The van der Waals surface area contributed by atoms with Gasteiger partial charge in [0.05, 0.1) is 11.9 Å². The van der Waals surface area contributed by atoms with E-state index in [9.17, 15) is 4.79 Å². The maximum atomic E-state index is 12.2. The van der Waals surface area contributed by atoms with Crippen molar-refractivity contribution in [2.24, 2.45) is 0 Å². The summed E-state index contributed by atoms with van der Waals surface area (Å²) in [6.07, 6.45) is 1.64. The number of pyridine rings is 1. The molecule has 0 atom stereocenters. The van der Waals surface area contributed by atoms with E-state index in [1.807, 2.05) is 61.5 Å². The number of hydrogen-bond donors (Lipinski definition) is 2. The molecule has 0 radical (unpaired) electrons. The molecule has 1 amide bonds. The lowest BCUT2D eigenvalue weighted by Gasteiger charge is -2.08. The molecule has 1 heterocycles. The molecule has 3 aromatic rings. The monoisotopic (exact) mass is 351 g/mol. The fourth-order valence-electron chi connectivity index (χ4n) is 2.40. The van der Waals surface area contributed by atoms with E-state index in [1.165, 1.54) is 5.56 Å². The molecule has 0 aliphatic carbocycles. The Labute approximate surface area is 151 Å². The van der Waals surface area contributed by atoms with Gasteiger partial charge in [-0.1, -0.05) is 41.4 Å². The van der Waals surface area contributed by atoms with Crippen LogP contribution < -0.4 is 10.6 Å². The molecule has 2 N–H and O–H groups in total. The Morgan fingerprint density at radius 1 is 1.04 bits per heavy atom. The second-order valence-electron chi connectivity index (χ2n) is 5.74. The Kier molecular flexibility index (Phi) is 5.31. The van der Waals surface area contributed by atoms with Gasteiger partial charge >= 0.3 is 0 Å². The number of aromatic nitrogens is 1. The Bertz CT molecular complexity index is 861.